The van der Waals surface area contributed by atoms with Gasteiger partial charge in [-0.3, -0.25) is 9.69 Å². The third-order valence-corrected chi connectivity index (χ3v) is 4.91. The first-order valence-electron chi connectivity index (χ1n) is 9.77. The van der Waals surface area contributed by atoms with Crippen molar-refractivity contribution < 1.29 is 18.3 Å². The van der Waals surface area contributed by atoms with E-state index in [1.165, 1.54) is 6.07 Å². The second-order valence-corrected chi connectivity index (χ2v) is 7.08. The lowest BCUT2D eigenvalue weighted by molar-refractivity contribution is 0.0933. The molecule has 0 spiro atoms. The van der Waals surface area contributed by atoms with E-state index >= 15 is 0 Å². The summed E-state index contributed by atoms with van der Waals surface area (Å²) in [6.45, 7) is 4.48. The maximum Gasteiger partial charge on any atom is 0.257 e. The average molecular weight is 388 g/mol. The predicted octanol–water partition coefficient (Wildman–Crippen LogP) is 4.15. The number of amides is 1. The van der Waals surface area contributed by atoms with Crippen molar-refractivity contribution in [3.05, 3.63) is 65.2 Å². The Morgan fingerprint density at radius 2 is 1.93 bits per heavy atom. The van der Waals surface area contributed by atoms with E-state index in [0.29, 0.717) is 19.6 Å². The van der Waals surface area contributed by atoms with Crippen LogP contribution in [0, 0.1) is 11.6 Å². The minimum atomic E-state index is -0.853. The molecular formula is C22H26F2N2O2. The Morgan fingerprint density at radius 1 is 1.18 bits per heavy atom. The van der Waals surface area contributed by atoms with Crippen molar-refractivity contribution in [2.75, 3.05) is 19.6 Å². The molecule has 1 heterocycles. The summed E-state index contributed by atoms with van der Waals surface area (Å²) in [5.41, 5.74) is 0.570. The van der Waals surface area contributed by atoms with Gasteiger partial charge >= 0.3 is 0 Å². The molecule has 1 unspecified atom stereocenters. The largest absolute Gasteiger partial charge is 0.489 e. The Labute approximate surface area is 164 Å². The molecule has 2 aromatic carbocycles. The first-order valence-corrected chi connectivity index (χ1v) is 9.77. The Kier molecular flexibility index (Phi) is 6.98. The summed E-state index contributed by atoms with van der Waals surface area (Å²) in [7, 11) is 0. The van der Waals surface area contributed by atoms with Gasteiger partial charge in [-0.2, -0.15) is 0 Å². The Hall–Kier alpha value is -2.47. The van der Waals surface area contributed by atoms with Gasteiger partial charge in [0.2, 0.25) is 0 Å². The van der Waals surface area contributed by atoms with Crippen molar-refractivity contribution in [1.82, 2.24) is 10.2 Å². The molecule has 0 radical (unpaired) electrons. The molecule has 0 bridgehead atoms. The fraction of sp³-hybridized carbons (Fsp3) is 0.409. The number of halogens is 2. The number of para-hydroxylation sites is 1. The highest BCUT2D eigenvalue weighted by Gasteiger charge is 2.23. The van der Waals surface area contributed by atoms with E-state index in [2.05, 4.69) is 17.1 Å². The molecule has 0 aromatic heterocycles. The standard InChI is InChI=1S/C22H26F2N2O2/c1-2-3-8-17-15-26(14-16-7-4-5-11-20(16)28-17)13-12-25-22(27)21-18(23)9-6-10-19(21)24/h4-7,9-11,17H,2-3,8,12-15H2,1H3,(H,25,27). The van der Waals surface area contributed by atoms with Gasteiger partial charge in [-0.1, -0.05) is 37.6 Å². The van der Waals surface area contributed by atoms with E-state index in [1.54, 1.807) is 0 Å². The quantitative estimate of drug-likeness (QED) is 0.775. The molecule has 4 nitrogen and oxygen atoms in total. The van der Waals surface area contributed by atoms with Crippen LogP contribution in [0.15, 0.2) is 42.5 Å². The number of hydrogen-bond acceptors (Lipinski definition) is 3. The second kappa shape index (κ2) is 9.64. The van der Waals surface area contributed by atoms with Crippen molar-refractivity contribution >= 4 is 5.91 Å². The van der Waals surface area contributed by atoms with Crippen molar-refractivity contribution in [3.63, 3.8) is 0 Å². The third kappa shape index (κ3) is 5.07. The van der Waals surface area contributed by atoms with Gasteiger partial charge in [0.15, 0.2) is 0 Å². The van der Waals surface area contributed by atoms with E-state index in [4.69, 9.17) is 4.74 Å². The van der Waals surface area contributed by atoms with Gasteiger partial charge in [-0.25, -0.2) is 8.78 Å². The van der Waals surface area contributed by atoms with Crippen LogP contribution in [-0.4, -0.2) is 36.5 Å². The van der Waals surface area contributed by atoms with E-state index in [0.717, 1.165) is 49.3 Å². The van der Waals surface area contributed by atoms with E-state index in [9.17, 15) is 13.6 Å². The molecule has 1 aliphatic heterocycles. The monoisotopic (exact) mass is 388 g/mol. The fourth-order valence-corrected chi connectivity index (χ4v) is 3.44. The number of nitrogens with one attached hydrogen (secondary N) is 1. The maximum atomic E-state index is 13.7. The highest BCUT2D eigenvalue weighted by molar-refractivity contribution is 5.94. The molecule has 28 heavy (non-hydrogen) atoms. The van der Waals surface area contributed by atoms with Gasteiger partial charge < -0.3 is 10.1 Å². The molecule has 6 heteroatoms. The molecule has 0 aliphatic carbocycles. The summed E-state index contributed by atoms with van der Waals surface area (Å²) in [6, 6.07) is 11.4. The lowest BCUT2D eigenvalue weighted by Gasteiger charge is -2.24. The molecular weight excluding hydrogens is 362 g/mol. The van der Waals surface area contributed by atoms with E-state index in [-0.39, 0.29) is 6.10 Å². The minimum Gasteiger partial charge on any atom is -0.489 e. The number of unbranched alkanes of at least 4 members (excludes halogenated alkanes) is 1. The zero-order valence-electron chi connectivity index (χ0n) is 16.1. The second-order valence-electron chi connectivity index (χ2n) is 7.08. The summed E-state index contributed by atoms with van der Waals surface area (Å²) in [4.78, 5) is 14.4. The maximum absolute atomic E-state index is 13.7. The first-order chi connectivity index (χ1) is 13.6. The zero-order valence-corrected chi connectivity index (χ0v) is 16.1. The molecule has 1 aliphatic rings. The van der Waals surface area contributed by atoms with Gasteiger partial charge in [0, 0.05) is 31.7 Å². The predicted molar refractivity (Wildman–Crippen MR) is 104 cm³/mol. The highest BCUT2D eigenvalue weighted by atomic mass is 19.1. The smallest absolute Gasteiger partial charge is 0.257 e. The van der Waals surface area contributed by atoms with Gasteiger partial charge in [0.05, 0.1) is 0 Å². The number of benzene rings is 2. The molecule has 1 atom stereocenters. The summed E-state index contributed by atoms with van der Waals surface area (Å²) >= 11 is 0. The molecule has 2 aromatic rings. The number of ether oxygens (including phenoxy) is 1. The van der Waals surface area contributed by atoms with Crippen LogP contribution in [0.1, 0.15) is 42.1 Å². The van der Waals surface area contributed by atoms with Crippen LogP contribution in [-0.2, 0) is 6.54 Å². The first kappa shape index (κ1) is 20.3. The van der Waals surface area contributed by atoms with Crippen LogP contribution in [0.3, 0.4) is 0 Å². The fourth-order valence-electron chi connectivity index (χ4n) is 3.44. The minimum absolute atomic E-state index is 0.0864. The molecule has 0 saturated carbocycles. The number of carbonyl (C=O) groups excluding carboxylic acids is 1. The summed E-state index contributed by atoms with van der Waals surface area (Å²) in [5.74, 6) is -1.53. The van der Waals surface area contributed by atoms with E-state index < -0.39 is 23.1 Å². The lowest BCUT2D eigenvalue weighted by Crippen LogP contribution is -2.39. The van der Waals surface area contributed by atoms with Crippen LogP contribution in [0.2, 0.25) is 0 Å². The Morgan fingerprint density at radius 3 is 2.68 bits per heavy atom. The van der Waals surface area contributed by atoms with Crippen LogP contribution in [0.25, 0.3) is 0 Å². The summed E-state index contributed by atoms with van der Waals surface area (Å²) in [6.07, 6.45) is 3.24. The summed E-state index contributed by atoms with van der Waals surface area (Å²) < 4.78 is 33.7. The number of fused-ring (bicyclic) bond motifs is 1. The SMILES string of the molecule is CCCCC1CN(CCNC(=O)c2c(F)cccc2F)Cc2ccccc2O1. The topological polar surface area (TPSA) is 41.6 Å². The number of carbonyl (C=O) groups is 1. The van der Waals surface area contributed by atoms with Gasteiger partial charge in [-0.05, 0) is 31.0 Å². The third-order valence-electron chi connectivity index (χ3n) is 4.91. The molecule has 150 valence electrons. The molecule has 0 saturated heterocycles. The number of hydrogen-bond donors (Lipinski definition) is 1. The summed E-state index contributed by atoms with van der Waals surface area (Å²) in [5, 5.41) is 2.63. The van der Waals surface area contributed by atoms with Gasteiger partial charge in [-0.15, -0.1) is 0 Å². The highest BCUT2D eigenvalue weighted by Crippen LogP contribution is 2.26. The Bertz CT molecular complexity index is 793. The van der Waals surface area contributed by atoms with Crippen molar-refractivity contribution in [3.8, 4) is 5.75 Å². The number of nitrogens with zero attached hydrogens (tertiary/aromatic N) is 1. The number of rotatable bonds is 7. The molecule has 1 amide bonds. The normalized spacial score (nSPS) is 16.8. The van der Waals surface area contributed by atoms with Crippen LogP contribution in [0.4, 0.5) is 8.78 Å². The van der Waals surface area contributed by atoms with E-state index in [1.807, 2.05) is 24.3 Å². The Balaban J connectivity index is 1.62. The van der Waals surface area contributed by atoms with Crippen molar-refractivity contribution in [2.24, 2.45) is 0 Å². The zero-order chi connectivity index (χ0) is 19.9. The molecule has 1 N–H and O–H groups in total. The van der Waals surface area contributed by atoms with Crippen LogP contribution < -0.4 is 10.1 Å². The lowest BCUT2D eigenvalue weighted by atomic mass is 10.1. The average Bonchev–Trinajstić information content (AvgIpc) is 2.85. The molecule has 3 rings (SSSR count). The van der Waals surface area contributed by atoms with Crippen molar-refractivity contribution in [2.45, 2.75) is 38.8 Å². The van der Waals surface area contributed by atoms with Crippen LogP contribution in [0.5, 0.6) is 5.75 Å². The van der Waals surface area contributed by atoms with Gasteiger partial charge in [0.1, 0.15) is 29.1 Å². The molecule has 0 fully saturated rings. The van der Waals surface area contributed by atoms with Crippen molar-refractivity contribution in [1.29, 1.82) is 0 Å². The van der Waals surface area contributed by atoms with Crippen LogP contribution >= 0.6 is 0 Å². The van der Waals surface area contributed by atoms with Gasteiger partial charge in [0.25, 0.3) is 5.91 Å².